The molecule has 0 unspecified atom stereocenters. The van der Waals surface area contributed by atoms with Crippen LogP contribution in [0.3, 0.4) is 0 Å². The molecule has 4 rings (SSSR count). The Bertz CT molecular complexity index is 1010. The molecule has 2 amide bonds. The molecule has 202 valence electrons. The second-order valence-electron chi connectivity index (χ2n) is 12.2. The van der Waals surface area contributed by atoms with Gasteiger partial charge in [-0.15, -0.1) is 0 Å². The van der Waals surface area contributed by atoms with Crippen molar-refractivity contribution in [2.45, 2.75) is 104 Å². The third-order valence-electron chi connectivity index (χ3n) is 9.26. The first kappa shape index (κ1) is 27.9. The summed E-state index contributed by atoms with van der Waals surface area (Å²) in [4.78, 5) is 27.8. The molecule has 3 fully saturated rings. The van der Waals surface area contributed by atoms with Gasteiger partial charge in [0.05, 0.1) is 17.6 Å². The van der Waals surface area contributed by atoms with Gasteiger partial charge in [0.1, 0.15) is 6.04 Å². The lowest BCUT2D eigenvalue weighted by atomic mass is 9.68. The first-order valence-corrected chi connectivity index (χ1v) is 14.2. The van der Waals surface area contributed by atoms with Gasteiger partial charge in [0.2, 0.25) is 11.8 Å². The van der Waals surface area contributed by atoms with Gasteiger partial charge in [-0.05, 0) is 94.3 Å². The normalized spacial score (nSPS) is 30.7. The lowest BCUT2D eigenvalue weighted by Gasteiger charge is -2.45. The van der Waals surface area contributed by atoms with Crippen molar-refractivity contribution in [3.63, 3.8) is 0 Å². The highest BCUT2D eigenvalue weighted by Gasteiger charge is 2.57. The van der Waals surface area contributed by atoms with Crippen LogP contribution in [0.1, 0.15) is 76.5 Å². The smallest absolute Gasteiger partial charge is 0.404 e. The summed E-state index contributed by atoms with van der Waals surface area (Å²) in [7, 11) is -0.542. The standard InChI is InChI=1S/C30H45BN2O4/c1-8-28(34)33-14-10-9-11-25(33)29(35)32-27(18-23-13-12-20(4)15-21(23)5)31-36-26-17-24(19(2)3)16-22(6)30(26,7)37-31/h8,12-13,15,19,22,24-27H,1,9-11,14,16-18H2,2-7H3,(H,32,35)/t22-,24+,25-,26-,27+,30+/m1/s1. The van der Waals surface area contributed by atoms with Gasteiger partial charge in [0.25, 0.3) is 0 Å². The molecule has 2 heterocycles. The second-order valence-corrected chi connectivity index (χ2v) is 12.2. The lowest BCUT2D eigenvalue weighted by molar-refractivity contribution is -0.139. The number of amides is 2. The zero-order chi connectivity index (χ0) is 26.9. The molecule has 1 aromatic carbocycles. The Morgan fingerprint density at radius 2 is 2.03 bits per heavy atom. The number of hydrogen-bond acceptors (Lipinski definition) is 4. The Kier molecular flexibility index (Phi) is 8.54. The lowest BCUT2D eigenvalue weighted by Crippen LogP contribution is -2.57. The molecule has 2 saturated heterocycles. The van der Waals surface area contributed by atoms with Crippen LogP contribution in [0.2, 0.25) is 0 Å². The molecule has 2 aliphatic heterocycles. The van der Waals surface area contributed by atoms with Crippen LogP contribution in [0.4, 0.5) is 0 Å². The van der Waals surface area contributed by atoms with Crippen molar-refractivity contribution in [2.75, 3.05) is 6.54 Å². The van der Waals surface area contributed by atoms with Crippen molar-refractivity contribution >= 4 is 18.9 Å². The molecule has 6 nitrogen and oxygen atoms in total. The number of benzene rings is 1. The third-order valence-corrected chi connectivity index (χ3v) is 9.26. The van der Waals surface area contributed by atoms with Gasteiger partial charge >= 0.3 is 7.12 Å². The summed E-state index contributed by atoms with van der Waals surface area (Å²) >= 11 is 0. The van der Waals surface area contributed by atoms with E-state index in [4.69, 9.17) is 9.31 Å². The quantitative estimate of drug-likeness (QED) is 0.425. The number of carbonyl (C=O) groups is 2. The van der Waals surface area contributed by atoms with E-state index in [0.29, 0.717) is 37.1 Å². The predicted molar refractivity (Wildman–Crippen MR) is 148 cm³/mol. The van der Waals surface area contributed by atoms with Crippen LogP contribution < -0.4 is 5.32 Å². The average molecular weight is 509 g/mol. The van der Waals surface area contributed by atoms with Crippen LogP contribution in [0.15, 0.2) is 30.9 Å². The highest BCUT2D eigenvalue weighted by Crippen LogP contribution is 2.47. The predicted octanol–water partition coefficient (Wildman–Crippen LogP) is 4.80. The van der Waals surface area contributed by atoms with E-state index in [-0.39, 0.29) is 29.5 Å². The van der Waals surface area contributed by atoms with Crippen molar-refractivity contribution in [1.29, 1.82) is 0 Å². The molecular formula is C30H45BN2O4. The van der Waals surface area contributed by atoms with Gasteiger partial charge in [-0.3, -0.25) is 9.59 Å². The van der Waals surface area contributed by atoms with Crippen molar-refractivity contribution in [1.82, 2.24) is 10.2 Å². The molecule has 1 N–H and O–H groups in total. The van der Waals surface area contributed by atoms with E-state index in [1.807, 2.05) is 0 Å². The summed E-state index contributed by atoms with van der Waals surface area (Å²) in [6.07, 6.45) is 6.49. The van der Waals surface area contributed by atoms with Crippen LogP contribution in [0, 0.1) is 31.6 Å². The van der Waals surface area contributed by atoms with E-state index in [2.05, 4.69) is 71.6 Å². The summed E-state index contributed by atoms with van der Waals surface area (Å²) in [5.41, 5.74) is 3.19. The van der Waals surface area contributed by atoms with Gasteiger partial charge in [0.15, 0.2) is 0 Å². The second kappa shape index (κ2) is 11.3. The molecule has 7 heteroatoms. The van der Waals surface area contributed by atoms with E-state index >= 15 is 0 Å². The number of carbonyl (C=O) groups excluding carboxylic acids is 2. The largest absolute Gasteiger partial charge is 0.482 e. The van der Waals surface area contributed by atoms with Crippen molar-refractivity contribution in [3.05, 3.63) is 47.5 Å². The maximum atomic E-state index is 13.7. The number of hydrogen-bond donors (Lipinski definition) is 1. The summed E-state index contributed by atoms with van der Waals surface area (Å²) in [6.45, 7) is 17.4. The van der Waals surface area contributed by atoms with Crippen LogP contribution in [-0.2, 0) is 25.3 Å². The Balaban J connectivity index is 1.59. The number of nitrogens with one attached hydrogen (secondary N) is 1. The fourth-order valence-corrected chi connectivity index (χ4v) is 6.55. The minimum absolute atomic E-state index is 0.000638. The Hall–Kier alpha value is -2.12. The Labute approximate surface area is 223 Å². The van der Waals surface area contributed by atoms with Crippen LogP contribution in [0.5, 0.6) is 0 Å². The fourth-order valence-electron chi connectivity index (χ4n) is 6.55. The molecule has 37 heavy (non-hydrogen) atoms. The zero-order valence-electron chi connectivity index (χ0n) is 23.6. The van der Waals surface area contributed by atoms with Gasteiger partial charge < -0.3 is 19.5 Å². The van der Waals surface area contributed by atoms with Gasteiger partial charge in [-0.25, -0.2) is 0 Å². The number of piperidine rings is 1. The van der Waals surface area contributed by atoms with Crippen LogP contribution >= 0.6 is 0 Å². The topological polar surface area (TPSA) is 67.9 Å². The van der Waals surface area contributed by atoms with Gasteiger partial charge in [0, 0.05) is 6.54 Å². The van der Waals surface area contributed by atoms with Crippen molar-refractivity contribution in [3.8, 4) is 0 Å². The molecule has 3 aliphatic rings. The van der Waals surface area contributed by atoms with E-state index in [1.165, 1.54) is 22.8 Å². The third kappa shape index (κ3) is 5.83. The van der Waals surface area contributed by atoms with Gasteiger partial charge in [-0.2, -0.15) is 0 Å². The highest BCUT2D eigenvalue weighted by molar-refractivity contribution is 6.48. The summed E-state index contributed by atoms with van der Waals surface area (Å²) in [5, 5.41) is 3.29. The molecular weight excluding hydrogens is 463 g/mol. The van der Waals surface area contributed by atoms with E-state index in [9.17, 15) is 9.59 Å². The van der Waals surface area contributed by atoms with E-state index < -0.39 is 13.2 Å². The van der Waals surface area contributed by atoms with Crippen LogP contribution in [-0.4, -0.2) is 54.1 Å². The maximum absolute atomic E-state index is 13.7. The molecule has 0 spiro atoms. The number of fused-ring (bicyclic) bond motifs is 1. The Morgan fingerprint density at radius 1 is 1.27 bits per heavy atom. The molecule has 0 radical (unpaired) electrons. The average Bonchev–Trinajstić information content (AvgIpc) is 3.22. The molecule has 1 aromatic rings. The summed E-state index contributed by atoms with van der Waals surface area (Å²) in [5.74, 6) is 0.878. The maximum Gasteiger partial charge on any atom is 0.482 e. The molecule has 0 bridgehead atoms. The number of rotatable bonds is 7. The molecule has 1 saturated carbocycles. The van der Waals surface area contributed by atoms with Crippen LogP contribution in [0.25, 0.3) is 0 Å². The first-order chi connectivity index (χ1) is 17.5. The minimum Gasteiger partial charge on any atom is -0.404 e. The minimum atomic E-state index is -0.542. The summed E-state index contributed by atoms with van der Waals surface area (Å²) < 4.78 is 13.4. The number of likely N-dealkylation sites (tertiary alicyclic amines) is 1. The SMILES string of the molecule is C=CC(=O)N1CCCC[C@@H]1C(=O)N[C@@H](Cc1ccc(C)cc1C)B1O[C@@H]2C[C@@H](C(C)C)C[C@@H](C)[C@]2(C)O1. The monoisotopic (exact) mass is 508 g/mol. The Morgan fingerprint density at radius 3 is 2.70 bits per heavy atom. The zero-order valence-corrected chi connectivity index (χ0v) is 23.6. The van der Waals surface area contributed by atoms with E-state index in [1.54, 1.807) is 4.90 Å². The number of nitrogens with zero attached hydrogens (tertiary/aromatic N) is 1. The van der Waals surface area contributed by atoms with E-state index in [0.717, 1.165) is 25.7 Å². The highest BCUT2D eigenvalue weighted by atomic mass is 16.7. The molecule has 6 atom stereocenters. The van der Waals surface area contributed by atoms with Gasteiger partial charge in [-0.1, -0.05) is 51.1 Å². The number of aryl methyl sites for hydroxylation is 2. The van der Waals surface area contributed by atoms with Crippen molar-refractivity contribution in [2.24, 2.45) is 17.8 Å². The molecule has 1 aliphatic carbocycles. The molecule has 0 aromatic heterocycles. The first-order valence-electron chi connectivity index (χ1n) is 14.2. The summed E-state index contributed by atoms with van der Waals surface area (Å²) in [6, 6.07) is 5.93. The fraction of sp³-hybridized carbons (Fsp3) is 0.667. The van der Waals surface area contributed by atoms with Crippen molar-refractivity contribution < 1.29 is 18.9 Å².